The van der Waals surface area contributed by atoms with Crippen LogP contribution in [-0.4, -0.2) is 19.7 Å². The molecule has 0 fully saturated rings. The largest absolute Gasteiger partial charge is 0.278 e. The molecular weight excluding hydrogens is 260 g/mol. The highest BCUT2D eigenvalue weighted by Crippen LogP contribution is 2.22. The highest BCUT2D eigenvalue weighted by molar-refractivity contribution is 6.16. The van der Waals surface area contributed by atoms with Crippen LogP contribution in [0.5, 0.6) is 0 Å². The first kappa shape index (κ1) is 11.9. The van der Waals surface area contributed by atoms with Crippen molar-refractivity contribution in [2.24, 2.45) is 0 Å². The second-order valence-electron chi connectivity index (χ2n) is 3.99. The number of rotatable bonds is 3. The standard InChI is InChI=1S/C14H11ClN4/c15-9-13-17-18-14(11-5-4-8-16-10-11)19(13)12-6-2-1-3-7-12/h1-8,10H,9H2. The molecule has 0 aliphatic carbocycles. The highest BCUT2D eigenvalue weighted by Gasteiger charge is 2.14. The van der Waals surface area contributed by atoms with Crippen molar-refractivity contribution in [3.8, 4) is 17.1 Å². The number of nitrogens with zero attached hydrogens (tertiary/aromatic N) is 4. The Morgan fingerprint density at radius 2 is 1.84 bits per heavy atom. The number of halogens is 1. The summed E-state index contributed by atoms with van der Waals surface area (Å²) in [6, 6.07) is 13.7. The van der Waals surface area contributed by atoms with Crippen molar-refractivity contribution in [3.05, 3.63) is 60.7 Å². The van der Waals surface area contributed by atoms with Gasteiger partial charge in [0.25, 0.3) is 0 Å². The fraction of sp³-hybridized carbons (Fsp3) is 0.0714. The number of benzene rings is 1. The average molecular weight is 271 g/mol. The molecular formula is C14H11ClN4. The summed E-state index contributed by atoms with van der Waals surface area (Å²) in [5, 5.41) is 8.36. The van der Waals surface area contributed by atoms with Gasteiger partial charge in [-0.2, -0.15) is 0 Å². The Labute approximate surface area is 115 Å². The number of pyridine rings is 1. The molecule has 0 saturated heterocycles. The number of para-hydroxylation sites is 1. The molecule has 0 spiro atoms. The Morgan fingerprint density at radius 3 is 2.53 bits per heavy atom. The molecule has 0 atom stereocenters. The molecule has 0 bridgehead atoms. The zero-order valence-electron chi connectivity index (χ0n) is 10.1. The zero-order valence-corrected chi connectivity index (χ0v) is 10.8. The molecule has 0 aliphatic rings. The summed E-state index contributed by atoms with van der Waals surface area (Å²) < 4.78 is 1.95. The van der Waals surface area contributed by atoms with Gasteiger partial charge >= 0.3 is 0 Å². The summed E-state index contributed by atoms with van der Waals surface area (Å²) in [4.78, 5) is 4.12. The maximum Gasteiger partial charge on any atom is 0.170 e. The van der Waals surface area contributed by atoms with Gasteiger partial charge in [-0.05, 0) is 24.3 Å². The summed E-state index contributed by atoms with van der Waals surface area (Å²) in [6.45, 7) is 0. The number of hydrogen-bond acceptors (Lipinski definition) is 3. The molecule has 3 aromatic rings. The molecule has 0 aliphatic heterocycles. The van der Waals surface area contributed by atoms with Crippen LogP contribution in [0.2, 0.25) is 0 Å². The van der Waals surface area contributed by atoms with Crippen LogP contribution in [0, 0.1) is 0 Å². The van der Waals surface area contributed by atoms with Gasteiger partial charge in [0.1, 0.15) is 0 Å². The normalized spacial score (nSPS) is 10.6. The Hall–Kier alpha value is -2.20. The second kappa shape index (κ2) is 5.20. The molecule has 94 valence electrons. The lowest BCUT2D eigenvalue weighted by Gasteiger charge is -2.08. The van der Waals surface area contributed by atoms with E-state index in [1.54, 1.807) is 12.4 Å². The SMILES string of the molecule is ClCc1nnc(-c2cccnc2)n1-c1ccccc1. The Balaban J connectivity index is 2.20. The lowest BCUT2D eigenvalue weighted by molar-refractivity contribution is 0.953. The van der Waals surface area contributed by atoms with Crippen molar-refractivity contribution in [1.82, 2.24) is 19.7 Å². The fourth-order valence-electron chi connectivity index (χ4n) is 1.93. The van der Waals surface area contributed by atoms with Crippen LogP contribution in [0.15, 0.2) is 54.9 Å². The van der Waals surface area contributed by atoms with E-state index < -0.39 is 0 Å². The third-order valence-corrected chi connectivity index (χ3v) is 3.02. The van der Waals surface area contributed by atoms with Crippen LogP contribution >= 0.6 is 11.6 Å². The van der Waals surface area contributed by atoms with Crippen LogP contribution in [0.3, 0.4) is 0 Å². The van der Waals surface area contributed by atoms with E-state index in [2.05, 4.69) is 15.2 Å². The predicted molar refractivity (Wildman–Crippen MR) is 74.1 cm³/mol. The maximum atomic E-state index is 5.94. The van der Waals surface area contributed by atoms with Crippen molar-refractivity contribution in [3.63, 3.8) is 0 Å². The van der Waals surface area contributed by atoms with E-state index in [4.69, 9.17) is 11.6 Å². The van der Waals surface area contributed by atoms with Crippen LogP contribution < -0.4 is 0 Å². The lowest BCUT2D eigenvalue weighted by Crippen LogP contribution is -2.01. The smallest absolute Gasteiger partial charge is 0.170 e. The number of hydrogen-bond donors (Lipinski definition) is 0. The van der Waals surface area contributed by atoms with Gasteiger partial charge in [-0.15, -0.1) is 21.8 Å². The first-order valence-electron chi connectivity index (χ1n) is 5.86. The molecule has 2 aromatic heterocycles. The van der Waals surface area contributed by atoms with Gasteiger partial charge in [0.2, 0.25) is 0 Å². The van der Waals surface area contributed by atoms with E-state index in [-0.39, 0.29) is 0 Å². The van der Waals surface area contributed by atoms with Crippen molar-refractivity contribution < 1.29 is 0 Å². The molecule has 0 saturated carbocycles. The van der Waals surface area contributed by atoms with Crippen molar-refractivity contribution in [1.29, 1.82) is 0 Å². The quantitative estimate of drug-likeness (QED) is 0.687. The van der Waals surface area contributed by atoms with E-state index in [1.165, 1.54) is 0 Å². The summed E-state index contributed by atoms with van der Waals surface area (Å²) in [7, 11) is 0. The first-order valence-corrected chi connectivity index (χ1v) is 6.39. The van der Waals surface area contributed by atoms with Crippen molar-refractivity contribution in [2.45, 2.75) is 5.88 Å². The summed E-state index contributed by atoms with van der Waals surface area (Å²) in [5.41, 5.74) is 1.90. The Morgan fingerprint density at radius 1 is 1.00 bits per heavy atom. The van der Waals surface area contributed by atoms with Gasteiger partial charge in [0, 0.05) is 23.6 Å². The van der Waals surface area contributed by atoms with E-state index in [0.29, 0.717) is 11.7 Å². The van der Waals surface area contributed by atoms with E-state index in [9.17, 15) is 0 Å². The fourth-order valence-corrected chi connectivity index (χ4v) is 2.11. The third-order valence-electron chi connectivity index (χ3n) is 2.78. The average Bonchev–Trinajstić information content (AvgIpc) is 2.93. The highest BCUT2D eigenvalue weighted by atomic mass is 35.5. The van der Waals surface area contributed by atoms with E-state index >= 15 is 0 Å². The van der Waals surface area contributed by atoms with Crippen LogP contribution in [0.1, 0.15) is 5.82 Å². The van der Waals surface area contributed by atoms with Gasteiger partial charge in [0.15, 0.2) is 11.6 Å². The molecule has 19 heavy (non-hydrogen) atoms. The molecule has 2 heterocycles. The van der Waals surface area contributed by atoms with Gasteiger partial charge < -0.3 is 0 Å². The number of alkyl halides is 1. The minimum atomic E-state index is 0.308. The first-order chi connectivity index (χ1) is 9.40. The lowest BCUT2D eigenvalue weighted by atomic mass is 10.2. The number of aromatic nitrogens is 4. The Kier molecular flexibility index (Phi) is 3.25. The van der Waals surface area contributed by atoms with Crippen LogP contribution in [0.25, 0.3) is 17.1 Å². The molecule has 4 nitrogen and oxygen atoms in total. The van der Waals surface area contributed by atoms with E-state index in [0.717, 1.165) is 17.1 Å². The summed E-state index contributed by atoms with van der Waals surface area (Å²) >= 11 is 5.94. The third kappa shape index (κ3) is 2.22. The second-order valence-corrected chi connectivity index (χ2v) is 4.25. The molecule has 5 heteroatoms. The van der Waals surface area contributed by atoms with Gasteiger partial charge in [-0.25, -0.2) is 0 Å². The molecule has 0 amide bonds. The van der Waals surface area contributed by atoms with Crippen LogP contribution in [-0.2, 0) is 5.88 Å². The molecule has 3 rings (SSSR count). The van der Waals surface area contributed by atoms with E-state index in [1.807, 2.05) is 47.0 Å². The summed E-state index contributed by atoms with van der Waals surface area (Å²) in [5.74, 6) is 1.77. The van der Waals surface area contributed by atoms with Gasteiger partial charge in [-0.3, -0.25) is 9.55 Å². The van der Waals surface area contributed by atoms with Gasteiger partial charge in [-0.1, -0.05) is 18.2 Å². The van der Waals surface area contributed by atoms with Crippen molar-refractivity contribution >= 4 is 11.6 Å². The van der Waals surface area contributed by atoms with Gasteiger partial charge in [0.05, 0.1) is 5.88 Å². The predicted octanol–water partition coefficient (Wildman–Crippen LogP) is 3.07. The van der Waals surface area contributed by atoms with Crippen LogP contribution in [0.4, 0.5) is 0 Å². The topological polar surface area (TPSA) is 43.6 Å². The molecule has 0 unspecified atom stereocenters. The molecule has 0 radical (unpaired) electrons. The maximum absolute atomic E-state index is 5.94. The summed E-state index contributed by atoms with van der Waals surface area (Å²) in [6.07, 6.45) is 3.50. The Bertz CT molecular complexity index is 664. The zero-order chi connectivity index (χ0) is 13.1. The minimum Gasteiger partial charge on any atom is -0.278 e. The van der Waals surface area contributed by atoms with Crippen molar-refractivity contribution in [2.75, 3.05) is 0 Å². The molecule has 0 N–H and O–H groups in total. The molecule has 1 aromatic carbocycles. The minimum absolute atomic E-state index is 0.308. The monoisotopic (exact) mass is 270 g/mol.